The summed E-state index contributed by atoms with van der Waals surface area (Å²) in [7, 11) is 3.83. The predicted octanol–water partition coefficient (Wildman–Crippen LogP) is 2.79. The van der Waals surface area contributed by atoms with Crippen LogP contribution in [-0.2, 0) is 0 Å². The Hall–Kier alpha value is -1.75. The highest BCUT2D eigenvalue weighted by atomic mass is 16.5. The Bertz CT molecular complexity index is 490. The standard InChI is InChI=1S/C18H29N3O2/c1-4-5-11-19-18(22)20-13-15-10-12-21(2)17(15)14-6-8-16(23-3)9-7-14/h6-9,15,17H,4-5,10-13H2,1-3H3,(H2,19,20,22). The summed E-state index contributed by atoms with van der Waals surface area (Å²) < 4.78 is 5.23. The molecule has 0 aromatic heterocycles. The quantitative estimate of drug-likeness (QED) is 0.760. The van der Waals surface area contributed by atoms with Crippen LogP contribution >= 0.6 is 0 Å². The summed E-state index contributed by atoms with van der Waals surface area (Å²) in [6, 6.07) is 8.55. The van der Waals surface area contributed by atoms with Crippen molar-refractivity contribution in [2.75, 3.05) is 33.8 Å². The third kappa shape index (κ3) is 4.86. The van der Waals surface area contributed by atoms with Gasteiger partial charge in [0.05, 0.1) is 7.11 Å². The van der Waals surface area contributed by atoms with Crippen molar-refractivity contribution in [3.63, 3.8) is 0 Å². The zero-order valence-electron chi connectivity index (χ0n) is 14.5. The van der Waals surface area contributed by atoms with Crippen LogP contribution in [0.1, 0.15) is 37.8 Å². The largest absolute Gasteiger partial charge is 0.497 e. The lowest BCUT2D eigenvalue weighted by molar-refractivity contribution is 0.233. The number of carbonyl (C=O) groups excluding carboxylic acids is 1. The van der Waals surface area contributed by atoms with Gasteiger partial charge in [0.15, 0.2) is 0 Å². The van der Waals surface area contributed by atoms with Crippen molar-refractivity contribution >= 4 is 6.03 Å². The van der Waals surface area contributed by atoms with Crippen molar-refractivity contribution in [2.45, 2.75) is 32.2 Å². The van der Waals surface area contributed by atoms with Gasteiger partial charge < -0.3 is 15.4 Å². The average molecular weight is 319 g/mol. The molecule has 2 unspecified atom stereocenters. The number of hydrogen-bond donors (Lipinski definition) is 2. The van der Waals surface area contributed by atoms with Crippen molar-refractivity contribution in [1.82, 2.24) is 15.5 Å². The van der Waals surface area contributed by atoms with E-state index < -0.39 is 0 Å². The third-order valence-corrected chi connectivity index (χ3v) is 4.57. The second-order valence-electron chi connectivity index (χ2n) is 6.24. The van der Waals surface area contributed by atoms with Crippen LogP contribution in [0.5, 0.6) is 5.75 Å². The van der Waals surface area contributed by atoms with E-state index in [1.807, 2.05) is 12.1 Å². The lowest BCUT2D eigenvalue weighted by atomic mass is 9.93. The Morgan fingerprint density at radius 1 is 1.30 bits per heavy atom. The monoisotopic (exact) mass is 319 g/mol. The number of likely N-dealkylation sites (tertiary alicyclic amines) is 1. The number of nitrogens with one attached hydrogen (secondary N) is 2. The lowest BCUT2D eigenvalue weighted by Gasteiger charge is -2.26. The van der Waals surface area contributed by atoms with Gasteiger partial charge >= 0.3 is 6.03 Å². The second kappa shape index (κ2) is 8.77. The smallest absolute Gasteiger partial charge is 0.314 e. The first-order valence-electron chi connectivity index (χ1n) is 8.51. The zero-order valence-corrected chi connectivity index (χ0v) is 14.5. The van der Waals surface area contributed by atoms with E-state index in [4.69, 9.17) is 4.74 Å². The van der Waals surface area contributed by atoms with Gasteiger partial charge in [-0.25, -0.2) is 4.79 Å². The minimum atomic E-state index is -0.0542. The molecule has 0 bridgehead atoms. The summed E-state index contributed by atoms with van der Waals surface area (Å²) in [5, 5.41) is 5.93. The van der Waals surface area contributed by atoms with Crippen LogP contribution in [0, 0.1) is 5.92 Å². The Morgan fingerprint density at radius 2 is 2.04 bits per heavy atom. The predicted molar refractivity (Wildman–Crippen MR) is 92.8 cm³/mol. The first kappa shape index (κ1) is 17.6. The summed E-state index contributed by atoms with van der Waals surface area (Å²) in [5.74, 6) is 1.31. The first-order valence-corrected chi connectivity index (χ1v) is 8.51. The van der Waals surface area contributed by atoms with Crippen molar-refractivity contribution < 1.29 is 9.53 Å². The highest BCUT2D eigenvalue weighted by Gasteiger charge is 2.33. The van der Waals surface area contributed by atoms with Gasteiger partial charge in [0.1, 0.15) is 5.75 Å². The molecule has 128 valence electrons. The van der Waals surface area contributed by atoms with Gasteiger partial charge in [0, 0.05) is 19.1 Å². The van der Waals surface area contributed by atoms with Crippen molar-refractivity contribution in [2.24, 2.45) is 5.92 Å². The van der Waals surface area contributed by atoms with Crippen LogP contribution in [0.25, 0.3) is 0 Å². The topological polar surface area (TPSA) is 53.6 Å². The number of amides is 2. The molecule has 2 rings (SSSR count). The van der Waals surface area contributed by atoms with Crippen LogP contribution in [0.3, 0.4) is 0 Å². The number of carbonyl (C=O) groups is 1. The Labute approximate surface area is 139 Å². The van der Waals surface area contributed by atoms with E-state index in [1.165, 1.54) is 5.56 Å². The maximum Gasteiger partial charge on any atom is 0.314 e. The van der Waals surface area contributed by atoms with E-state index in [-0.39, 0.29) is 6.03 Å². The van der Waals surface area contributed by atoms with Gasteiger partial charge in [0.2, 0.25) is 0 Å². The maximum absolute atomic E-state index is 11.8. The molecule has 1 aromatic carbocycles. The van der Waals surface area contributed by atoms with Gasteiger partial charge in [-0.1, -0.05) is 25.5 Å². The molecule has 2 N–H and O–H groups in total. The van der Waals surface area contributed by atoms with Gasteiger partial charge in [-0.15, -0.1) is 0 Å². The molecular formula is C18H29N3O2. The van der Waals surface area contributed by atoms with Crippen LogP contribution in [0.2, 0.25) is 0 Å². The molecule has 1 aliphatic heterocycles. The van der Waals surface area contributed by atoms with Crippen LogP contribution in [0.4, 0.5) is 4.79 Å². The molecule has 2 atom stereocenters. The Balaban J connectivity index is 1.91. The molecule has 0 saturated carbocycles. The summed E-state index contributed by atoms with van der Waals surface area (Å²) in [6.07, 6.45) is 3.21. The number of methoxy groups -OCH3 is 1. The number of unbranched alkanes of at least 4 members (excludes halogenated alkanes) is 1. The van der Waals surface area contributed by atoms with E-state index in [0.717, 1.165) is 38.1 Å². The fraction of sp³-hybridized carbons (Fsp3) is 0.611. The van der Waals surface area contributed by atoms with E-state index in [9.17, 15) is 4.79 Å². The summed E-state index contributed by atoms with van der Waals surface area (Å²) >= 11 is 0. The van der Waals surface area contributed by atoms with Gasteiger partial charge in [-0.05, 0) is 50.0 Å². The molecule has 1 aliphatic rings. The molecule has 1 heterocycles. The number of rotatable bonds is 7. The molecule has 5 heteroatoms. The number of hydrogen-bond acceptors (Lipinski definition) is 3. The number of benzene rings is 1. The zero-order chi connectivity index (χ0) is 16.7. The first-order chi connectivity index (χ1) is 11.2. The van der Waals surface area contributed by atoms with Gasteiger partial charge in [-0.3, -0.25) is 4.90 Å². The molecular weight excluding hydrogens is 290 g/mol. The Kier molecular flexibility index (Phi) is 6.71. The molecule has 5 nitrogen and oxygen atoms in total. The van der Waals surface area contributed by atoms with E-state index >= 15 is 0 Å². The van der Waals surface area contributed by atoms with Crippen LogP contribution < -0.4 is 15.4 Å². The molecule has 1 saturated heterocycles. The highest BCUT2D eigenvalue weighted by molar-refractivity contribution is 5.73. The van der Waals surface area contributed by atoms with Crippen LogP contribution in [0.15, 0.2) is 24.3 Å². The number of urea groups is 1. The molecule has 1 aromatic rings. The molecule has 23 heavy (non-hydrogen) atoms. The molecule has 0 aliphatic carbocycles. The third-order valence-electron chi connectivity index (χ3n) is 4.57. The number of nitrogens with zero attached hydrogens (tertiary/aromatic N) is 1. The van der Waals surface area contributed by atoms with Crippen molar-refractivity contribution in [3.8, 4) is 5.75 Å². The second-order valence-corrected chi connectivity index (χ2v) is 6.24. The molecule has 2 amide bonds. The average Bonchev–Trinajstić information content (AvgIpc) is 2.94. The minimum absolute atomic E-state index is 0.0542. The minimum Gasteiger partial charge on any atom is -0.497 e. The fourth-order valence-corrected chi connectivity index (χ4v) is 3.23. The van der Waals surface area contributed by atoms with Crippen molar-refractivity contribution in [3.05, 3.63) is 29.8 Å². The summed E-state index contributed by atoms with van der Waals surface area (Å²) in [6.45, 7) is 4.63. The SMILES string of the molecule is CCCCNC(=O)NCC1CCN(C)C1c1ccc(OC)cc1. The van der Waals surface area contributed by atoms with Crippen LogP contribution in [-0.4, -0.2) is 44.7 Å². The highest BCUT2D eigenvalue weighted by Crippen LogP contribution is 2.36. The van der Waals surface area contributed by atoms with E-state index in [1.54, 1.807) is 7.11 Å². The molecule has 0 spiro atoms. The number of ether oxygens (including phenoxy) is 1. The van der Waals surface area contributed by atoms with Gasteiger partial charge in [-0.2, -0.15) is 0 Å². The van der Waals surface area contributed by atoms with E-state index in [0.29, 0.717) is 18.5 Å². The van der Waals surface area contributed by atoms with Crippen molar-refractivity contribution in [1.29, 1.82) is 0 Å². The lowest BCUT2D eigenvalue weighted by Crippen LogP contribution is -2.39. The summed E-state index contributed by atoms with van der Waals surface area (Å²) in [5.41, 5.74) is 1.28. The fourth-order valence-electron chi connectivity index (χ4n) is 3.23. The molecule has 1 fully saturated rings. The maximum atomic E-state index is 11.8. The van der Waals surface area contributed by atoms with Gasteiger partial charge in [0.25, 0.3) is 0 Å². The normalized spacial score (nSPS) is 21.2. The summed E-state index contributed by atoms with van der Waals surface area (Å²) in [4.78, 5) is 14.2. The van der Waals surface area contributed by atoms with E-state index in [2.05, 4.69) is 41.6 Å². The molecule has 0 radical (unpaired) electrons. The Morgan fingerprint density at radius 3 is 2.70 bits per heavy atom.